The van der Waals surface area contributed by atoms with E-state index >= 15 is 0 Å². The summed E-state index contributed by atoms with van der Waals surface area (Å²) in [5.41, 5.74) is 8.86. The summed E-state index contributed by atoms with van der Waals surface area (Å²) < 4.78 is 5.29. The molecule has 0 aliphatic carbocycles. The van der Waals surface area contributed by atoms with Crippen molar-refractivity contribution in [3.63, 3.8) is 0 Å². The molecule has 0 radical (unpaired) electrons. The Morgan fingerprint density at radius 3 is 2.42 bits per heavy atom. The predicted molar refractivity (Wildman–Crippen MR) is 82.4 cm³/mol. The number of hydrogen-bond donors (Lipinski definition) is 1. The Morgan fingerprint density at radius 2 is 1.84 bits per heavy atom. The lowest BCUT2D eigenvalue weighted by Gasteiger charge is -2.28. The molecule has 4 heteroatoms. The highest BCUT2D eigenvalue weighted by Crippen LogP contribution is 2.22. The van der Waals surface area contributed by atoms with E-state index in [0.29, 0.717) is 0 Å². The molecule has 1 aromatic carbocycles. The zero-order valence-corrected chi connectivity index (χ0v) is 12.9. The smallest absolute Gasteiger partial charge is 0.119 e. The van der Waals surface area contributed by atoms with Gasteiger partial charge in [0.1, 0.15) is 5.75 Å². The monoisotopic (exact) mass is 284 g/mol. The predicted octanol–water partition coefficient (Wildman–Crippen LogP) is 2.25. The van der Waals surface area contributed by atoms with Gasteiger partial charge in [-0.1, -0.05) is 6.07 Å². The second-order valence-corrected chi connectivity index (χ2v) is 5.90. The van der Waals surface area contributed by atoms with Crippen LogP contribution in [0.4, 0.5) is 0 Å². The number of halogens is 1. The highest BCUT2D eigenvalue weighted by Gasteiger charge is 2.19. The van der Waals surface area contributed by atoms with Gasteiger partial charge in [0.15, 0.2) is 0 Å². The third-order valence-corrected chi connectivity index (χ3v) is 3.44. The Hall–Kier alpha value is -0.770. The van der Waals surface area contributed by atoms with Crippen molar-refractivity contribution in [2.24, 2.45) is 5.73 Å². The Balaban J connectivity index is 0.00000180. The van der Waals surface area contributed by atoms with Crippen molar-refractivity contribution in [1.29, 1.82) is 0 Å². The van der Waals surface area contributed by atoms with Crippen molar-refractivity contribution in [1.82, 2.24) is 4.90 Å². The molecule has 1 heterocycles. The van der Waals surface area contributed by atoms with Crippen molar-refractivity contribution >= 4 is 12.4 Å². The van der Waals surface area contributed by atoms with Crippen LogP contribution in [0, 0.1) is 0 Å². The maximum absolute atomic E-state index is 6.11. The number of benzene rings is 1. The molecule has 0 amide bonds. The number of nitrogens with zero attached hydrogens (tertiary/aromatic N) is 1. The topological polar surface area (TPSA) is 38.5 Å². The molecule has 3 nitrogen and oxygen atoms in total. The Labute approximate surface area is 122 Å². The van der Waals surface area contributed by atoms with Crippen LogP contribution in [0.3, 0.4) is 0 Å². The summed E-state index contributed by atoms with van der Waals surface area (Å²) in [4.78, 5) is 2.46. The van der Waals surface area contributed by atoms with Gasteiger partial charge in [0, 0.05) is 25.2 Å². The molecular weight excluding hydrogens is 260 g/mol. The molecule has 0 aromatic heterocycles. The second-order valence-electron chi connectivity index (χ2n) is 5.90. The standard InChI is InChI=1S/C15H24N2O.ClH/c1-15(2,16)11-17-8-6-12-4-5-14(18-3)10-13(12)7-9-17;/h4-5,10H,6-9,11,16H2,1-3H3;1H. The molecule has 0 saturated carbocycles. The minimum Gasteiger partial charge on any atom is -0.497 e. The first kappa shape index (κ1) is 16.3. The van der Waals surface area contributed by atoms with E-state index in [2.05, 4.69) is 36.9 Å². The molecule has 0 bridgehead atoms. The maximum Gasteiger partial charge on any atom is 0.119 e. The number of rotatable bonds is 3. The maximum atomic E-state index is 6.11. The van der Waals surface area contributed by atoms with Gasteiger partial charge in [-0.25, -0.2) is 0 Å². The quantitative estimate of drug-likeness (QED) is 0.925. The van der Waals surface area contributed by atoms with Gasteiger partial charge in [0.2, 0.25) is 0 Å². The minimum absolute atomic E-state index is 0. The number of nitrogens with two attached hydrogens (primary N) is 1. The van der Waals surface area contributed by atoms with E-state index < -0.39 is 0 Å². The van der Waals surface area contributed by atoms with Crippen LogP contribution in [0.5, 0.6) is 5.75 Å². The first-order valence-corrected chi connectivity index (χ1v) is 6.65. The lowest BCUT2D eigenvalue weighted by Crippen LogP contribution is -2.46. The van der Waals surface area contributed by atoms with Gasteiger partial charge < -0.3 is 15.4 Å². The van der Waals surface area contributed by atoms with Crippen LogP contribution in [0.15, 0.2) is 18.2 Å². The fraction of sp³-hybridized carbons (Fsp3) is 0.600. The molecule has 2 rings (SSSR count). The molecule has 2 N–H and O–H groups in total. The molecule has 1 aliphatic rings. The first-order valence-electron chi connectivity index (χ1n) is 6.65. The molecule has 0 spiro atoms. The Morgan fingerprint density at radius 1 is 1.21 bits per heavy atom. The van der Waals surface area contributed by atoms with Gasteiger partial charge in [0.05, 0.1) is 7.11 Å². The van der Waals surface area contributed by atoms with E-state index in [1.165, 1.54) is 11.1 Å². The molecule has 19 heavy (non-hydrogen) atoms. The largest absolute Gasteiger partial charge is 0.497 e. The van der Waals surface area contributed by atoms with Crippen LogP contribution in [-0.2, 0) is 12.8 Å². The van der Waals surface area contributed by atoms with Crippen LogP contribution >= 0.6 is 12.4 Å². The van der Waals surface area contributed by atoms with Gasteiger partial charge in [-0.05, 0) is 49.9 Å². The highest BCUT2D eigenvalue weighted by atomic mass is 35.5. The molecular formula is C15H25ClN2O. The Kier molecular flexibility index (Phi) is 5.65. The van der Waals surface area contributed by atoms with Crippen molar-refractivity contribution in [2.45, 2.75) is 32.2 Å². The number of ether oxygens (including phenoxy) is 1. The van der Waals surface area contributed by atoms with E-state index in [1.807, 2.05) is 0 Å². The van der Waals surface area contributed by atoms with Crippen LogP contribution < -0.4 is 10.5 Å². The zero-order valence-electron chi connectivity index (χ0n) is 12.1. The Bertz CT molecular complexity index is 415. The highest BCUT2D eigenvalue weighted by molar-refractivity contribution is 5.85. The third-order valence-electron chi connectivity index (χ3n) is 3.44. The van der Waals surface area contributed by atoms with E-state index in [0.717, 1.165) is 38.2 Å². The summed E-state index contributed by atoms with van der Waals surface area (Å²) in [6.07, 6.45) is 2.19. The second kappa shape index (κ2) is 6.60. The summed E-state index contributed by atoms with van der Waals surface area (Å²) in [7, 11) is 1.72. The van der Waals surface area contributed by atoms with Crippen molar-refractivity contribution in [3.05, 3.63) is 29.3 Å². The van der Waals surface area contributed by atoms with Crippen molar-refractivity contribution < 1.29 is 4.74 Å². The van der Waals surface area contributed by atoms with Crippen LogP contribution in [0.25, 0.3) is 0 Å². The van der Waals surface area contributed by atoms with Gasteiger partial charge in [-0.2, -0.15) is 0 Å². The molecule has 108 valence electrons. The number of hydrogen-bond acceptors (Lipinski definition) is 3. The van der Waals surface area contributed by atoms with E-state index in [1.54, 1.807) is 7.11 Å². The average Bonchev–Trinajstić information content (AvgIpc) is 2.49. The normalized spacial score (nSPS) is 16.2. The number of methoxy groups -OCH3 is 1. The molecule has 1 aliphatic heterocycles. The SMILES string of the molecule is COc1ccc2c(c1)CCN(CC(C)(C)N)CC2.Cl. The number of fused-ring (bicyclic) bond motifs is 1. The first-order chi connectivity index (χ1) is 8.48. The van der Waals surface area contributed by atoms with E-state index in [9.17, 15) is 0 Å². The van der Waals surface area contributed by atoms with Crippen LogP contribution in [0.2, 0.25) is 0 Å². The molecule has 0 unspecified atom stereocenters. The summed E-state index contributed by atoms with van der Waals surface area (Å²) >= 11 is 0. The molecule has 0 fully saturated rings. The van der Waals surface area contributed by atoms with Crippen molar-refractivity contribution in [2.75, 3.05) is 26.7 Å². The van der Waals surface area contributed by atoms with Gasteiger partial charge in [-0.3, -0.25) is 0 Å². The zero-order chi connectivity index (χ0) is 13.2. The minimum atomic E-state index is -0.117. The fourth-order valence-electron chi connectivity index (χ4n) is 2.61. The molecule has 1 aromatic rings. The summed E-state index contributed by atoms with van der Waals surface area (Å²) in [5, 5.41) is 0. The van der Waals surface area contributed by atoms with Gasteiger partial charge in [-0.15, -0.1) is 12.4 Å². The summed E-state index contributed by atoms with van der Waals surface area (Å²) in [5.74, 6) is 0.960. The van der Waals surface area contributed by atoms with Gasteiger partial charge in [0.25, 0.3) is 0 Å². The average molecular weight is 285 g/mol. The van der Waals surface area contributed by atoms with E-state index in [-0.39, 0.29) is 17.9 Å². The molecule has 0 atom stereocenters. The lowest BCUT2D eigenvalue weighted by atomic mass is 10.0. The lowest BCUT2D eigenvalue weighted by molar-refractivity contribution is 0.235. The molecule has 0 saturated heterocycles. The fourth-order valence-corrected chi connectivity index (χ4v) is 2.61. The van der Waals surface area contributed by atoms with Crippen LogP contribution in [-0.4, -0.2) is 37.2 Å². The van der Waals surface area contributed by atoms with Crippen LogP contribution in [0.1, 0.15) is 25.0 Å². The van der Waals surface area contributed by atoms with Crippen molar-refractivity contribution in [3.8, 4) is 5.75 Å². The third kappa shape index (κ3) is 4.68. The summed E-state index contributed by atoms with van der Waals surface area (Å²) in [6, 6.07) is 6.43. The van der Waals surface area contributed by atoms with Gasteiger partial charge >= 0.3 is 0 Å². The van der Waals surface area contributed by atoms with E-state index in [4.69, 9.17) is 10.5 Å². The summed E-state index contributed by atoms with van der Waals surface area (Å²) in [6.45, 7) is 7.32.